The average molecular weight is 435 g/mol. The fraction of sp³-hybridized carbons (Fsp3) is 0.227. The van der Waals surface area contributed by atoms with Crippen molar-refractivity contribution in [2.24, 2.45) is 17.5 Å². The molecule has 166 valence electrons. The van der Waals surface area contributed by atoms with E-state index in [0.29, 0.717) is 18.4 Å². The molecule has 0 unspecified atom stereocenters. The second-order valence-electron chi connectivity index (χ2n) is 7.66. The first-order valence-corrected chi connectivity index (χ1v) is 10.0. The molecule has 0 saturated heterocycles. The molecule has 3 rings (SSSR count). The molecule has 1 amide bonds. The highest BCUT2D eigenvalue weighted by Gasteiger charge is 2.23. The van der Waals surface area contributed by atoms with Gasteiger partial charge in [0.15, 0.2) is 5.82 Å². The van der Waals surface area contributed by atoms with Gasteiger partial charge in [0.25, 0.3) is 11.5 Å². The van der Waals surface area contributed by atoms with Crippen molar-refractivity contribution < 1.29 is 9.59 Å². The highest BCUT2D eigenvalue weighted by Crippen LogP contribution is 2.24. The summed E-state index contributed by atoms with van der Waals surface area (Å²) >= 11 is 0. The maximum absolute atomic E-state index is 12.6. The van der Waals surface area contributed by atoms with E-state index < -0.39 is 17.5 Å². The predicted molar refractivity (Wildman–Crippen MR) is 122 cm³/mol. The Bertz CT molecular complexity index is 1140. The molecule has 2 aromatic heterocycles. The number of aromatic amines is 1. The number of anilines is 3. The standard InChI is InChI=1S/C22H25N7O3/c1-13(2)10-17(12-30)29(24)22-27-20(18(19(23)31)21(32)28-22)26-16-7-5-14(6-8-16)15-4-3-9-25-11-15/h3-9,11-13,17H,10,24H2,1-2H3,(H2,23,31)(H2,26,27,28,32)/t17-/m1/s1. The minimum Gasteiger partial charge on any atom is -0.365 e. The summed E-state index contributed by atoms with van der Waals surface area (Å²) in [6.07, 6.45) is 4.58. The van der Waals surface area contributed by atoms with E-state index in [4.69, 9.17) is 11.6 Å². The molecule has 32 heavy (non-hydrogen) atoms. The zero-order valence-electron chi connectivity index (χ0n) is 17.8. The topological polar surface area (TPSA) is 160 Å². The van der Waals surface area contributed by atoms with Crippen molar-refractivity contribution in [2.45, 2.75) is 26.3 Å². The Balaban J connectivity index is 1.95. The first-order chi connectivity index (χ1) is 15.3. The van der Waals surface area contributed by atoms with Crippen LogP contribution < -0.4 is 27.5 Å². The molecular formula is C22H25N7O3. The third kappa shape index (κ3) is 5.16. The second-order valence-corrected chi connectivity index (χ2v) is 7.66. The number of primary amides is 1. The summed E-state index contributed by atoms with van der Waals surface area (Å²) < 4.78 is 0. The third-order valence-corrected chi connectivity index (χ3v) is 4.77. The van der Waals surface area contributed by atoms with Crippen LogP contribution in [0, 0.1) is 5.92 Å². The molecule has 1 atom stereocenters. The Hall–Kier alpha value is -4.05. The molecule has 0 saturated carbocycles. The largest absolute Gasteiger partial charge is 0.365 e. The number of benzene rings is 1. The lowest BCUT2D eigenvalue weighted by molar-refractivity contribution is -0.109. The van der Waals surface area contributed by atoms with Crippen molar-refractivity contribution in [3.63, 3.8) is 0 Å². The van der Waals surface area contributed by atoms with E-state index in [1.807, 2.05) is 38.1 Å². The number of carbonyl (C=O) groups is 2. The lowest BCUT2D eigenvalue weighted by Gasteiger charge is -2.25. The molecule has 0 aliphatic carbocycles. The van der Waals surface area contributed by atoms with Crippen molar-refractivity contribution in [2.75, 3.05) is 10.3 Å². The van der Waals surface area contributed by atoms with E-state index in [1.54, 1.807) is 24.5 Å². The van der Waals surface area contributed by atoms with Crippen LogP contribution in [0.1, 0.15) is 30.6 Å². The predicted octanol–water partition coefficient (Wildman–Crippen LogP) is 1.97. The first kappa shape index (κ1) is 22.6. The summed E-state index contributed by atoms with van der Waals surface area (Å²) in [5.41, 5.74) is 6.75. The number of pyridine rings is 1. The van der Waals surface area contributed by atoms with Crippen LogP contribution in [0.4, 0.5) is 17.5 Å². The van der Waals surface area contributed by atoms with Gasteiger partial charge in [-0.2, -0.15) is 4.98 Å². The van der Waals surface area contributed by atoms with Crippen LogP contribution in [0.15, 0.2) is 53.6 Å². The average Bonchev–Trinajstić information content (AvgIpc) is 2.77. The zero-order valence-corrected chi connectivity index (χ0v) is 17.8. The van der Waals surface area contributed by atoms with Crippen LogP contribution in [0.3, 0.4) is 0 Å². The van der Waals surface area contributed by atoms with E-state index in [1.165, 1.54) is 0 Å². The van der Waals surface area contributed by atoms with Gasteiger partial charge in [0.1, 0.15) is 17.9 Å². The summed E-state index contributed by atoms with van der Waals surface area (Å²) in [6, 6.07) is 10.3. The molecule has 0 aliphatic rings. The fourth-order valence-corrected chi connectivity index (χ4v) is 3.19. The van der Waals surface area contributed by atoms with Gasteiger partial charge in [-0.05, 0) is 41.7 Å². The summed E-state index contributed by atoms with van der Waals surface area (Å²) in [5.74, 6) is 5.17. The van der Waals surface area contributed by atoms with Crippen molar-refractivity contribution in [3.05, 3.63) is 64.7 Å². The molecule has 0 aliphatic heterocycles. The van der Waals surface area contributed by atoms with E-state index in [9.17, 15) is 14.4 Å². The lowest BCUT2D eigenvalue weighted by atomic mass is 10.0. The number of nitrogens with one attached hydrogen (secondary N) is 2. The number of amides is 1. The number of rotatable bonds is 9. The van der Waals surface area contributed by atoms with Gasteiger partial charge >= 0.3 is 0 Å². The smallest absolute Gasteiger partial charge is 0.267 e. The Kier molecular flexibility index (Phi) is 6.96. The van der Waals surface area contributed by atoms with Crippen molar-refractivity contribution >= 4 is 29.6 Å². The highest BCUT2D eigenvalue weighted by atomic mass is 16.2. The molecule has 3 aromatic rings. The van der Waals surface area contributed by atoms with Gasteiger partial charge in [-0.25, -0.2) is 5.84 Å². The van der Waals surface area contributed by atoms with E-state index >= 15 is 0 Å². The number of nitrogens with two attached hydrogens (primary N) is 2. The molecule has 0 bridgehead atoms. The van der Waals surface area contributed by atoms with Crippen LogP contribution in [-0.2, 0) is 4.79 Å². The van der Waals surface area contributed by atoms with Gasteiger partial charge in [-0.15, -0.1) is 0 Å². The number of nitrogens with zero attached hydrogens (tertiary/aromatic N) is 3. The van der Waals surface area contributed by atoms with Gasteiger partial charge in [0, 0.05) is 18.1 Å². The zero-order chi connectivity index (χ0) is 23.3. The van der Waals surface area contributed by atoms with Gasteiger partial charge in [-0.3, -0.25) is 24.6 Å². The number of aldehydes is 1. The minimum absolute atomic E-state index is 0.0602. The number of hydrazine groups is 1. The number of H-pyrrole nitrogens is 1. The summed E-state index contributed by atoms with van der Waals surface area (Å²) in [4.78, 5) is 46.8. The molecule has 0 fully saturated rings. The molecule has 10 nitrogen and oxygen atoms in total. The Morgan fingerprint density at radius 3 is 2.50 bits per heavy atom. The Morgan fingerprint density at radius 1 is 1.22 bits per heavy atom. The van der Waals surface area contributed by atoms with E-state index in [2.05, 4.69) is 20.3 Å². The van der Waals surface area contributed by atoms with Crippen LogP contribution in [0.25, 0.3) is 11.1 Å². The molecule has 2 heterocycles. The highest BCUT2D eigenvalue weighted by molar-refractivity contribution is 5.98. The second kappa shape index (κ2) is 9.84. The van der Waals surface area contributed by atoms with Crippen LogP contribution in [0.2, 0.25) is 0 Å². The van der Waals surface area contributed by atoms with Crippen LogP contribution >= 0.6 is 0 Å². The number of carbonyl (C=O) groups excluding carboxylic acids is 2. The van der Waals surface area contributed by atoms with Gasteiger partial charge in [0.05, 0.1) is 0 Å². The normalized spacial score (nSPS) is 11.8. The molecule has 1 aromatic carbocycles. The summed E-state index contributed by atoms with van der Waals surface area (Å²) in [6.45, 7) is 3.89. The molecular weight excluding hydrogens is 410 g/mol. The quantitative estimate of drug-likeness (QED) is 0.225. The first-order valence-electron chi connectivity index (χ1n) is 10.0. The van der Waals surface area contributed by atoms with Crippen LogP contribution in [-0.4, -0.2) is 33.2 Å². The lowest BCUT2D eigenvalue weighted by Crippen LogP contribution is -2.45. The molecule has 10 heteroatoms. The Morgan fingerprint density at radius 2 is 1.94 bits per heavy atom. The molecule has 0 radical (unpaired) electrons. The van der Waals surface area contributed by atoms with Crippen molar-refractivity contribution in [1.29, 1.82) is 0 Å². The van der Waals surface area contributed by atoms with Gasteiger partial charge < -0.3 is 15.8 Å². The monoisotopic (exact) mass is 435 g/mol. The fourth-order valence-electron chi connectivity index (χ4n) is 3.19. The van der Waals surface area contributed by atoms with Gasteiger partial charge in [0.2, 0.25) is 5.95 Å². The maximum atomic E-state index is 12.6. The van der Waals surface area contributed by atoms with Crippen LogP contribution in [0.5, 0.6) is 0 Å². The maximum Gasteiger partial charge on any atom is 0.267 e. The Labute approximate surface area is 184 Å². The van der Waals surface area contributed by atoms with E-state index in [-0.39, 0.29) is 23.2 Å². The van der Waals surface area contributed by atoms with E-state index in [0.717, 1.165) is 16.1 Å². The van der Waals surface area contributed by atoms with Crippen molar-refractivity contribution in [3.8, 4) is 11.1 Å². The SMILES string of the molecule is CC(C)C[C@H](C=O)N(N)c1nc(Nc2ccc(-c3cccnc3)cc2)c(C(N)=O)c(=O)[nH]1. The number of hydrogen-bond donors (Lipinski definition) is 4. The minimum atomic E-state index is -0.947. The summed E-state index contributed by atoms with van der Waals surface area (Å²) in [7, 11) is 0. The van der Waals surface area contributed by atoms with Crippen molar-refractivity contribution in [1.82, 2.24) is 15.0 Å². The summed E-state index contributed by atoms with van der Waals surface area (Å²) in [5, 5.41) is 4.03. The number of hydrogen-bond acceptors (Lipinski definition) is 8. The molecule has 6 N–H and O–H groups in total. The molecule has 0 spiro atoms. The number of aromatic nitrogens is 3. The van der Waals surface area contributed by atoms with Gasteiger partial charge in [-0.1, -0.05) is 32.0 Å². The third-order valence-electron chi connectivity index (χ3n) is 4.77.